The summed E-state index contributed by atoms with van der Waals surface area (Å²) >= 11 is 0. The van der Waals surface area contributed by atoms with Gasteiger partial charge in [0.15, 0.2) is 11.5 Å². The first-order chi connectivity index (χ1) is 15.7. The van der Waals surface area contributed by atoms with Crippen LogP contribution < -0.4 is 15.2 Å². The van der Waals surface area contributed by atoms with E-state index in [1.165, 1.54) is 12.8 Å². The number of hydrogen-bond donors (Lipinski definition) is 0. The van der Waals surface area contributed by atoms with Gasteiger partial charge in [0.25, 0.3) is 0 Å². The first kappa shape index (κ1) is 20.4. The Kier molecular flexibility index (Phi) is 5.43. The molecule has 6 nitrogen and oxygen atoms in total. The number of imidazole rings is 1. The molecule has 6 heteroatoms. The van der Waals surface area contributed by atoms with Crippen molar-refractivity contribution in [1.82, 2.24) is 14.1 Å². The summed E-state index contributed by atoms with van der Waals surface area (Å²) in [5.74, 6) is 2.12. The molecule has 1 aliphatic carbocycles. The number of methoxy groups -OCH3 is 1. The summed E-state index contributed by atoms with van der Waals surface area (Å²) in [6.45, 7) is 2.59. The molecule has 32 heavy (non-hydrogen) atoms. The zero-order valence-corrected chi connectivity index (χ0v) is 18.5. The molecule has 5 rings (SSSR count). The van der Waals surface area contributed by atoms with Crippen molar-refractivity contribution in [1.29, 1.82) is 0 Å². The predicted octanol–water partition coefficient (Wildman–Crippen LogP) is 5.20. The lowest BCUT2D eigenvalue weighted by atomic mass is 10.1. The van der Waals surface area contributed by atoms with Crippen molar-refractivity contribution >= 4 is 11.0 Å². The number of benzene rings is 2. The molecular weight excluding hydrogens is 402 g/mol. The maximum atomic E-state index is 13.0. The van der Waals surface area contributed by atoms with Crippen molar-refractivity contribution in [3.05, 3.63) is 71.3 Å². The van der Waals surface area contributed by atoms with Crippen LogP contribution in [0.2, 0.25) is 0 Å². The number of rotatable bonds is 6. The minimum Gasteiger partial charge on any atom is -0.493 e. The maximum Gasteiger partial charge on any atom is 0.334 e. The number of fused-ring (bicyclic) bond motifs is 1. The standard InChI is InChI=1S/C26H27N3O3/c1-3-28-21-10-6-7-11-22(21)29(26(28)30)25-15-13-19(17-27-25)18-12-14-23(31-2)24(16-18)32-20-8-4-5-9-20/h6-7,10-17,20H,3-5,8-9H2,1-2H3. The lowest BCUT2D eigenvalue weighted by molar-refractivity contribution is 0.201. The van der Waals surface area contributed by atoms with Crippen LogP contribution in [0.5, 0.6) is 11.5 Å². The Morgan fingerprint density at radius 1 is 0.969 bits per heavy atom. The van der Waals surface area contributed by atoms with Gasteiger partial charge in [0.1, 0.15) is 5.82 Å². The molecule has 0 saturated heterocycles. The monoisotopic (exact) mass is 429 g/mol. The molecule has 0 atom stereocenters. The van der Waals surface area contributed by atoms with Gasteiger partial charge in [-0.05, 0) is 74.6 Å². The Hall–Kier alpha value is -3.54. The molecule has 1 aliphatic rings. The highest BCUT2D eigenvalue weighted by Crippen LogP contribution is 2.35. The van der Waals surface area contributed by atoms with Gasteiger partial charge in [0, 0.05) is 18.3 Å². The van der Waals surface area contributed by atoms with Crippen LogP contribution in [0, 0.1) is 0 Å². The van der Waals surface area contributed by atoms with Gasteiger partial charge < -0.3 is 9.47 Å². The van der Waals surface area contributed by atoms with Crippen molar-refractivity contribution in [3.63, 3.8) is 0 Å². The lowest BCUT2D eigenvalue weighted by Crippen LogP contribution is -2.23. The molecule has 0 unspecified atom stereocenters. The zero-order valence-electron chi connectivity index (χ0n) is 18.5. The van der Waals surface area contributed by atoms with Gasteiger partial charge >= 0.3 is 5.69 Å². The van der Waals surface area contributed by atoms with Gasteiger partial charge in [-0.3, -0.25) is 4.57 Å². The highest BCUT2D eigenvalue weighted by atomic mass is 16.5. The molecule has 2 aromatic carbocycles. The topological polar surface area (TPSA) is 58.3 Å². The molecule has 0 N–H and O–H groups in total. The summed E-state index contributed by atoms with van der Waals surface area (Å²) in [6, 6.07) is 17.7. The highest BCUT2D eigenvalue weighted by molar-refractivity contribution is 5.78. The third-order valence-electron chi connectivity index (χ3n) is 6.22. The summed E-state index contributed by atoms with van der Waals surface area (Å²) in [7, 11) is 1.66. The summed E-state index contributed by atoms with van der Waals surface area (Å²) in [6.07, 6.45) is 6.66. The maximum absolute atomic E-state index is 13.0. The lowest BCUT2D eigenvalue weighted by Gasteiger charge is -2.17. The molecule has 1 saturated carbocycles. The molecule has 2 heterocycles. The number of pyridine rings is 1. The Labute approximate surface area is 187 Å². The fraction of sp³-hybridized carbons (Fsp3) is 0.308. The molecule has 164 valence electrons. The number of para-hydroxylation sites is 2. The molecule has 0 bridgehead atoms. The average molecular weight is 430 g/mol. The Morgan fingerprint density at radius 3 is 2.41 bits per heavy atom. The van der Waals surface area contributed by atoms with Crippen molar-refractivity contribution < 1.29 is 9.47 Å². The van der Waals surface area contributed by atoms with Crippen molar-refractivity contribution in [2.45, 2.75) is 45.3 Å². The quantitative estimate of drug-likeness (QED) is 0.422. The van der Waals surface area contributed by atoms with Crippen molar-refractivity contribution in [3.8, 4) is 28.4 Å². The summed E-state index contributed by atoms with van der Waals surface area (Å²) in [4.78, 5) is 17.6. The van der Waals surface area contributed by atoms with Gasteiger partial charge in [-0.15, -0.1) is 0 Å². The van der Waals surface area contributed by atoms with Crippen LogP contribution in [0.4, 0.5) is 0 Å². The number of aromatic nitrogens is 3. The van der Waals surface area contributed by atoms with E-state index >= 15 is 0 Å². The number of hydrogen-bond acceptors (Lipinski definition) is 4. The van der Waals surface area contributed by atoms with E-state index in [4.69, 9.17) is 9.47 Å². The van der Waals surface area contributed by atoms with E-state index in [1.807, 2.05) is 61.5 Å². The second kappa shape index (κ2) is 8.54. The third-order valence-corrected chi connectivity index (χ3v) is 6.22. The summed E-state index contributed by atoms with van der Waals surface area (Å²) in [5.41, 5.74) is 3.65. The van der Waals surface area contributed by atoms with E-state index in [0.29, 0.717) is 12.4 Å². The van der Waals surface area contributed by atoms with Crippen LogP contribution in [0.3, 0.4) is 0 Å². The number of ether oxygens (including phenoxy) is 2. The zero-order chi connectivity index (χ0) is 22.1. The van der Waals surface area contributed by atoms with Crippen LogP contribution in [-0.4, -0.2) is 27.3 Å². The van der Waals surface area contributed by atoms with Crippen LogP contribution in [0.15, 0.2) is 65.6 Å². The minimum absolute atomic E-state index is 0.0781. The van der Waals surface area contributed by atoms with E-state index in [9.17, 15) is 4.79 Å². The predicted molar refractivity (Wildman–Crippen MR) is 126 cm³/mol. The van der Waals surface area contributed by atoms with Gasteiger partial charge in [0.05, 0.1) is 24.2 Å². The Morgan fingerprint density at radius 2 is 1.72 bits per heavy atom. The van der Waals surface area contributed by atoms with Gasteiger partial charge in [-0.2, -0.15) is 0 Å². The van der Waals surface area contributed by atoms with Gasteiger partial charge in [-0.1, -0.05) is 18.2 Å². The largest absolute Gasteiger partial charge is 0.493 e. The summed E-state index contributed by atoms with van der Waals surface area (Å²) in [5, 5.41) is 0. The SMILES string of the molecule is CCn1c(=O)n(-c2ccc(-c3ccc(OC)c(OC4CCCC4)c3)cn2)c2ccccc21. The first-order valence-corrected chi connectivity index (χ1v) is 11.2. The molecule has 4 aromatic rings. The normalized spacial score (nSPS) is 14.2. The fourth-order valence-corrected chi connectivity index (χ4v) is 4.56. The average Bonchev–Trinajstić information content (AvgIpc) is 3.44. The minimum atomic E-state index is -0.0781. The molecule has 0 spiro atoms. The molecular formula is C26H27N3O3. The third kappa shape index (κ3) is 3.55. The van der Waals surface area contributed by atoms with Gasteiger partial charge in [0.2, 0.25) is 0 Å². The van der Waals surface area contributed by atoms with Crippen LogP contribution >= 0.6 is 0 Å². The highest BCUT2D eigenvalue weighted by Gasteiger charge is 2.19. The van der Waals surface area contributed by atoms with Crippen LogP contribution in [0.25, 0.3) is 28.0 Å². The Balaban J connectivity index is 1.50. The molecule has 0 amide bonds. The summed E-state index contributed by atoms with van der Waals surface area (Å²) < 4.78 is 15.2. The molecule has 0 radical (unpaired) electrons. The van der Waals surface area contributed by atoms with Crippen LogP contribution in [0.1, 0.15) is 32.6 Å². The number of nitrogens with zero attached hydrogens (tertiary/aromatic N) is 3. The van der Waals surface area contributed by atoms with Gasteiger partial charge in [-0.25, -0.2) is 14.3 Å². The Bertz CT molecular complexity index is 1300. The molecule has 1 fully saturated rings. The van der Waals surface area contributed by atoms with E-state index in [1.54, 1.807) is 22.4 Å². The smallest absolute Gasteiger partial charge is 0.334 e. The fourth-order valence-electron chi connectivity index (χ4n) is 4.56. The molecule has 2 aromatic heterocycles. The van der Waals surface area contributed by atoms with E-state index in [2.05, 4.69) is 4.98 Å². The van der Waals surface area contributed by atoms with Crippen LogP contribution in [-0.2, 0) is 6.54 Å². The van der Waals surface area contributed by atoms with Crippen molar-refractivity contribution in [2.24, 2.45) is 0 Å². The first-order valence-electron chi connectivity index (χ1n) is 11.2. The van der Waals surface area contributed by atoms with E-state index in [-0.39, 0.29) is 11.8 Å². The van der Waals surface area contributed by atoms with Crippen molar-refractivity contribution in [2.75, 3.05) is 7.11 Å². The van der Waals surface area contributed by atoms with E-state index < -0.39 is 0 Å². The number of aryl methyl sites for hydroxylation is 1. The molecule has 0 aliphatic heterocycles. The second-order valence-electron chi connectivity index (χ2n) is 8.15. The second-order valence-corrected chi connectivity index (χ2v) is 8.15. The van der Waals surface area contributed by atoms with E-state index in [0.717, 1.165) is 46.5 Å².